The van der Waals surface area contributed by atoms with Crippen molar-refractivity contribution in [2.45, 2.75) is 50.9 Å². The number of carbonyl (C=O) groups excluding carboxylic acids is 2. The summed E-state index contributed by atoms with van der Waals surface area (Å²) in [4.78, 5) is 26.4. The van der Waals surface area contributed by atoms with E-state index in [0.29, 0.717) is 25.1 Å². The van der Waals surface area contributed by atoms with Crippen LogP contribution in [0.3, 0.4) is 0 Å². The van der Waals surface area contributed by atoms with Gasteiger partial charge in [-0.25, -0.2) is 4.79 Å². The average molecular weight is 328 g/mol. The van der Waals surface area contributed by atoms with Crippen LogP contribution in [-0.2, 0) is 11.3 Å². The topological polar surface area (TPSA) is 169 Å². The van der Waals surface area contributed by atoms with Crippen LogP contribution in [0.15, 0.2) is 4.52 Å². The molecule has 10 nitrogen and oxygen atoms in total. The summed E-state index contributed by atoms with van der Waals surface area (Å²) in [5, 5.41) is 17.8. The molecule has 2 amide bonds. The highest BCUT2D eigenvalue weighted by Gasteiger charge is 2.18. The Morgan fingerprint density at radius 1 is 1.48 bits per heavy atom. The molecule has 0 spiro atoms. The SMILES string of the molecule is CC(O)C(C=O)NC(=O)NCc1nc(C(N)CCCCN)no1. The lowest BCUT2D eigenvalue weighted by Gasteiger charge is -2.15. The number of aldehydes is 1. The fourth-order valence-corrected chi connectivity index (χ4v) is 1.75. The van der Waals surface area contributed by atoms with Crippen LogP contribution in [0.2, 0.25) is 0 Å². The second-order valence-corrected chi connectivity index (χ2v) is 5.17. The van der Waals surface area contributed by atoms with Gasteiger partial charge in [0.2, 0.25) is 5.89 Å². The normalized spacial score (nSPS) is 14.8. The molecule has 3 unspecified atom stereocenters. The summed E-state index contributed by atoms with van der Waals surface area (Å²) in [6.45, 7) is 1.99. The molecule has 23 heavy (non-hydrogen) atoms. The molecule has 1 heterocycles. The van der Waals surface area contributed by atoms with Crippen molar-refractivity contribution in [1.29, 1.82) is 0 Å². The molecule has 1 aromatic rings. The van der Waals surface area contributed by atoms with Gasteiger partial charge in [-0.2, -0.15) is 4.98 Å². The number of hydrogen-bond donors (Lipinski definition) is 5. The number of nitrogens with zero attached hydrogens (tertiary/aromatic N) is 2. The number of rotatable bonds is 10. The van der Waals surface area contributed by atoms with E-state index in [-0.39, 0.29) is 18.5 Å². The zero-order chi connectivity index (χ0) is 17.2. The molecule has 1 rings (SSSR count). The predicted molar refractivity (Wildman–Crippen MR) is 81.0 cm³/mol. The molecule has 0 aromatic carbocycles. The highest BCUT2D eigenvalue weighted by molar-refractivity contribution is 5.78. The van der Waals surface area contributed by atoms with Gasteiger partial charge >= 0.3 is 6.03 Å². The first-order valence-corrected chi connectivity index (χ1v) is 7.43. The van der Waals surface area contributed by atoms with Crippen LogP contribution < -0.4 is 22.1 Å². The Hall–Kier alpha value is -2.04. The van der Waals surface area contributed by atoms with Crippen LogP contribution >= 0.6 is 0 Å². The first kappa shape index (κ1) is 19.0. The largest absolute Gasteiger partial charge is 0.391 e. The summed E-state index contributed by atoms with van der Waals surface area (Å²) < 4.78 is 4.99. The van der Waals surface area contributed by atoms with E-state index >= 15 is 0 Å². The summed E-state index contributed by atoms with van der Waals surface area (Å²) in [7, 11) is 0. The van der Waals surface area contributed by atoms with E-state index in [1.165, 1.54) is 6.92 Å². The van der Waals surface area contributed by atoms with E-state index in [1.807, 2.05) is 0 Å². The van der Waals surface area contributed by atoms with Crippen LogP contribution in [0.1, 0.15) is 43.9 Å². The Labute approximate surface area is 134 Å². The van der Waals surface area contributed by atoms with Crippen molar-refractivity contribution < 1.29 is 19.2 Å². The number of amides is 2. The third-order valence-electron chi connectivity index (χ3n) is 3.15. The fourth-order valence-electron chi connectivity index (χ4n) is 1.75. The Balaban J connectivity index is 2.41. The number of hydrogen-bond acceptors (Lipinski definition) is 8. The molecule has 0 radical (unpaired) electrons. The van der Waals surface area contributed by atoms with Gasteiger partial charge in [0.1, 0.15) is 12.3 Å². The molecule has 0 bridgehead atoms. The lowest BCUT2D eigenvalue weighted by molar-refractivity contribution is -0.111. The van der Waals surface area contributed by atoms with E-state index in [9.17, 15) is 14.7 Å². The lowest BCUT2D eigenvalue weighted by Crippen LogP contribution is -2.47. The molecule has 0 saturated carbocycles. The van der Waals surface area contributed by atoms with Crippen LogP contribution in [0.5, 0.6) is 0 Å². The van der Waals surface area contributed by atoms with Gasteiger partial charge in [0.15, 0.2) is 5.82 Å². The molecular weight excluding hydrogens is 304 g/mol. The van der Waals surface area contributed by atoms with Gasteiger partial charge in [0.25, 0.3) is 0 Å². The van der Waals surface area contributed by atoms with Crippen molar-refractivity contribution in [3.63, 3.8) is 0 Å². The van der Waals surface area contributed by atoms with Crippen molar-refractivity contribution in [3.05, 3.63) is 11.7 Å². The number of nitrogens with two attached hydrogens (primary N) is 2. The number of aliphatic hydroxyl groups is 1. The second-order valence-electron chi connectivity index (χ2n) is 5.17. The summed E-state index contributed by atoms with van der Waals surface area (Å²) in [5.74, 6) is 0.568. The predicted octanol–water partition coefficient (Wildman–Crippen LogP) is -1.05. The molecule has 0 aliphatic heterocycles. The molecule has 0 saturated heterocycles. The molecule has 10 heteroatoms. The standard InChI is InChI=1S/C13H24N6O4/c1-8(21)10(7-20)17-13(22)16-6-11-18-12(19-23-11)9(15)4-2-3-5-14/h7-10,21H,2-6,14-15H2,1H3,(H2,16,17,22). The minimum Gasteiger partial charge on any atom is -0.391 e. The van der Waals surface area contributed by atoms with Crippen molar-refractivity contribution in [2.75, 3.05) is 6.54 Å². The quantitative estimate of drug-likeness (QED) is 0.267. The third kappa shape index (κ3) is 6.72. The van der Waals surface area contributed by atoms with Gasteiger partial charge in [0, 0.05) is 0 Å². The number of unbranched alkanes of at least 4 members (excludes halogenated alkanes) is 1. The molecule has 0 aliphatic carbocycles. The maximum Gasteiger partial charge on any atom is 0.315 e. The van der Waals surface area contributed by atoms with Crippen molar-refractivity contribution in [1.82, 2.24) is 20.8 Å². The minimum atomic E-state index is -0.986. The molecule has 0 fully saturated rings. The average Bonchev–Trinajstić information content (AvgIpc) is 2.99. The van der Waals surface area contributed by atoms with Crippen LogP contribution in [0.25, 0.3) is 0 Å². The number of urea groups is 1. The maximum absolute atomic E-state index is 11.6. The van der Waals surface area contributed by atoms with Crippen LogP contribution in [0.4, 0.5) is 4.79 Å². The zero-order valence-electron chi connectivity index (χ0n) is 13.1. The Bertz CT molecular complexity index is 493. The van der Waals surface area contributed by atoms with Gasteiger partial charge in [-0.1, -0.05) is 11.6 Å². The van der Waals surface area contributed by atoms with Gasteiger partial charge in [-0.05, 0) is 26.3 Å². The van der Waals surface area contributed by atoms with Gasteiger partial charge in [-0.3, -0.25) is 0 Å². The van der Waals surface area contributed by atoms with Gasteiger partial charge in [-0.15, -0.1) is 0 Å². The fraction of sp³-hybridized carbons (Fsp3) is 0.692. The highest BCUT2D eigenvalue weighted by atomic mass is 16.5. The smallest absolute Gasteiger partial charge is 0.315 e. The highest BCUT2D eigenvalue weighted by Crippen LogP contribution is 2.13. The van der Waals surface area contributed by atoms with Gasteiger partial charge < -0.3 is 36.5 Å². The summed E-state index contributed by atoms with van der Waals surface area (Å²) >= 11 is 0. The van der Waals surface area contributed by atoms with E-state index < -0.39 is 18.2 Å². The maximum atomic E-state index is 11.6. The molecule has 130 valence electrons. The van der Waals surface area contributed by atoms with Crippen LogP contribution in [0, 0.1) is 0 Å². The summed E-state index contributed by atoms with van der Waals surface area (Å²) in [5.41, 5.74) is 11.3. The number of aromatic nitrogens is 2. The Morgan fingerprint density at radius 2 is 2.22 bits per heavy atom. The van der Waals surface area contributed by atoms with Crippen molar-refractivity contribution >= 4 is 12.3 Å². The third-order valence-corrected chi connectivity index (χ3v) is 3.15. The second kappa shape index (κ2) is 9.87. The van der Waals surface area contributed by atoms with E-state index in [1.54, 1.807) is 0 Å². The van der Waals surface area contributed by atoms with E-state index in [2.05, 4.69) is 20.8 Å². The minimum absolute atomic E-state index is 0.0141. The molecule has 0 aliphatic rings. The Kier molecular flexibility index (Phi) is 8.16. The first-order chi connectivity index (χ1) is 11.0. The summed E-state index contributed by atoms with van der Waals surface area (Å²) in [6.07, 6.45) is 1.91. The Morgan fingerprint density at radius 3 is 2.83 bits per heavy atom. The first-order valence-electron chi connectivity index (χ1n) is 7.43. The van der Waals surface area contributed by atoms with Gasteiger partial charge in [0.05, 0.1) is 18.7 Å². The van der Waals surface area contributed by atoms with E-state index in [4.69, 9.17) is 16.0 Å². The number of carbonyl (C=O) groups is 2. The summed E-state index contributed by atoms with van der Waals surface area (Å²) in [6, 6.07) is -1.96. The molecule has 7 N–H and O–H groups in total. The van der Waals surface area contributed by atoms with E-state index in [0.717, 1.165) is 12.8 Å². The molecule has 1 aromatic heterocycles. The zero-order valence-corrected chi connectivity index (χ0v) is 13.1. The van der Waals surface area contributed by atoms with Crippen molar-refractivity contribution in [2.24, 2.45) is 11.5 Å². The monoisotopic (exact) mass is 328 g/mol. The lowest BCUT2D eigenvalue weighted by atomic mass is 10.1. The molecular formula is C13H24N6O4. The number of aliphatic hydroxyl groups excluding tert-OH is 1. The number of nitrogens with one attached hydrogen (secondary N) is 2. The molecule has 3 atom stereocenters. The van der Waals surface area contributed by atoms with Crippen molar-refractivity contribution in [3.8, 4) is 0 Å². The van der Waals surface area contributed by atoms with Crippen LogP contribution in [-0.4, -0.2) is 46.3 Å².